The summed E-state index contributed by atoms with van der Waals surface area (Å²) in [6.45, 7) is 2.20. The van der Waals surface area contributed by atoms with Gasteiger partial charge in [-0.2, -0.15) is 0 Å². The molecule has 0 aliphatic carbocycles. The maximum absolute atomic E-state index is 11.7. The van der Waals surface area contributed by atoms with Gasteiger partial charge in [0.2, 0.25) is 0 Å². The SMILES string of the molecule is CCCCCCSc1ccc(C(=O)CCC(=O)O)cc1. The maximum atomic E-state index is 11.7. The van der Waals surface area contributed by atoms with E-state index in [1.54, 1.807) is 23.9 Å². The third-order valence-corrected chi connectivity index (χ3v) is 4.11. The van der Waals surface area contributed by atoms with Crippen LogP contribution in [-0.2, 0) is 4.79 Å². The second-order valence-electron chi connectivity index (χ2n) is 4.75. The number of hydrogen-bond donors (Lipinski definition) is 1. The zero-order valence-electron chi connectivity index (χ0n) is 11.9. The van der Waals surface area contributed by atoms with E-state index < -0.39 is 5.97 Å². The van der Waals surface area contributed by atoms with Gasteiger partial charge in [-0.25, -0.2) is 0 Å². The van der Waals surface area contributed by atoms with Crippen molar-refractivity contribution in [2.45, 2.75) is 50.3 Å². The van der Waals surface area contributed by atoms with Crippen molar-refractivity contribution in [2.75, 3.05) is 5.75 Å². The van der Waals surface area contributed by atoms with Crippen molar-refractivity contribution in [3.63, 3.8) is 0 Å². The average Bonchev–Trinajstić information content (AvgIpc) is 2.45. The summed E-state index contributed by atoms with van der Waals surface area (Å²) in [5, 5.41) is 8.56. The zero-order valence-corrected chi connectivity index (χ0v) is 12.7. The molecule has 0 saturated heterocycles. The van der Waals surface area contributed by atoms with Crippen molar-refractivity contribution in [2.24, 2.45) is 0 Å². The molecule has 0 amide bonds. The molecule has 0 atom stereocenters. The Morgan fingerprint density at radius 1 is 1.05 bits per heavy atom. The molecule has 4 heteroatoms. The minimum absolute atomic E-state index is 0.0683. The minimum atomic E-state index is -0.933. The first-order valence-electron chi connectivity index (χ1n) is 7.11. The van der Waals surface area contributed by atoms with Crippen LogP contribution in [-0.4, -0.2) is 22.6 Å². The number of rotatable bonds is 10. The lowest BCUT2D eigenvalue weighted by Crippen LogP contribution is -2.03. The topological polar surface area (TPSA) is 54.4 Å². The minimum Gasteiger partial charge on any atom is -0.481 e. The van der Waals surface area contributed by atoms with Crippen molar-refractivity contribution in [3.05, 3.63) is 29.8 Å². The van der Waals surface area contributed by atoms with Crippen LogP contribution in [0.1, 0.15) is 55.8 Å². The Morgan fingerprint density at radius 3 is 2.35 bits per heavy atom. The monoisotopic (exact) mass is 294 g/mol. The summed E-state index contributed by atoms with van der Waals surface area (Å²) >= 11 is 1.80. The molecule has 1 N–H and O–H groups in total. The standard InChI is InChI=1S/C16H22O3S/c1-2-3-4-5-12-20-14-8-6-13(7-9-14)15(17)10-11-16(18)19/h6-9H,2-5,10-12H2,1H3,(H,18,19). The van der Waals surface area contributed by atoms with Crippen molar-refractivity contribution < 1.29 is 14.7 Å². The lowest BCUT2D eigenvalue weighted by Gasteiger charge is -2.03. The summed E-state index contributed by atoms with van der Waals surface area (Å²) < 4.78 is 0. The highest BCUT2D eigenvalue weighted by Crippen LogP contribution is 2.21. The van der Waals surface area contributed by atoms with Crippen LogP contribution >= 0.6 is 11.8 Å². The molecular formula is C16H22O3S. The number of Topliss-reactive ketones (excluding diaryl/α,β-unsaturated/α-hetero) is 1. The van der Waals surface area contributed by atoms with Gasteiger partial charge in [0.1, 0.15) is 0 Å². The number of ketones is 1. The lowest BCUT2D eigenvalue weighted by atomic mass is 10.1. The fourth-order valence-electron chi connectivity index (χ4n) is 1.82. The van der Waals surface area contributed by atoms with Gasteiger partial charge in [-0.3, -0.25) is 9.59 Å². The molecule has 0 unspecified atom stereocenters. The zero-order chi connectivity index (χ0) is 14.8. The van der Waals surface area contributed by atoms with E-state index in [9.17, 15) is 9.59 Å². The Morgan fingerprint density at radius 2 is 1.75 bits per heavy atom. The molecule has 110 valence electrons. The lowest BCUT2D eigenvalue weighted by molar-refractivity contribution is -0.136. The normalized spacial score (nSPS) is 10.4. The number of unbranched alkanes of at least 4 members (excludes halogenated alkanes) is 3. The second-order valence-corrected chi connectivity index (χ2v) is 5.92. The Balaban J connectivity index is 2.36. The summed E-state index contributed by atoms with van der Waals surface area (Å²) in [7, 11) is 0. The van der Waals surface area contributed by atoms with Gasteiger partial charge in [0, 0.05) is 16.9 Å². The largest absolute Gasteiger partial charge is 0.481 e. The molecule has 0 spiro atoms. The Kier molecular flexibility index (Phi) is 8.04. The molecule has 0 aliphatic heterocycles. The van der Waals surface area contributed by atoms with E-state index in [4.69, 9.17) is 5.11 Å². The number of hydrogen-bond acceptors (Lipinski definition) is 3. The summed E-state index contributed by atoms with van der Waals surface area (Å²) in [6, 6.07) is 7.47. The third-order valence-electron chi connectivity index (χ3n) is 3.01. The van der Waals surface area contributed by atoms with Gasteiger partial charge in [-0.15, -0.1) is 11.8 Å². The van der Waals surface area contributed by atoms with E-state index in [0.29, 0.717) is 5.56 Å². The van der Waals surface area contributed by atoms with Crippen molar-refractivity contribution in [3.8, 4) is 0 Å². The molecule has 0 bridgehead atoms. The molecule has 1 aromatic rings. The molecule has 0 saturated carbocycles. The summed E-state index contributed by atoms with van der Waals surface area (Å²) in [4.78, 5) is 23.3. The van der Waals surface area contributed by atoms with E-state index in [0.717, 1.165) is 10.6 Å². The average molecular weight is 294 g/mol. The number of benzene rings is 1. The van der Waals surface area contributed by atoms with Crippen LogP contribution in [0.2, 0.25) is 0 Å². The number of carbonyl (C=O) groups excluding carboxylic acids is 1. The molecule has 3 nitrogen and oxygen atoms in total. The van der Waals surface area contributed by atoms with Crippen LogP contribution in [0.25, 0.3) is 0 Å². The number of carbonyl (C=O) groups is 2. The van der Waals surface area contributed by atoms with E-state index >= 15 is 0 Å². The molecule has 0 heterocycles. The third kappa shape index (κ3) is 6.75. The first-order valence-corrected chi connectivity index (χ1v) is 8.10. The molecule has 1 rings (SSSR count). The van der Waals surface area contributed by atoms with Crippen LogP contribution in [0.5, 0.6) is 0 Å². The molecule has 0 fully saturated rings. The summed E-state index contributed by atoms with van der Waals surface area (Å²) in [6.07, 6.45) is 4.99. The van der Waals surface area contributed by atoms with E-state index in [1.807, 2.05) is 12.1 Å². The van der Waals surface area contributed by atoms with E-state index in [1.165, 1.54) is 25.7 Å². The highest BCUT2D eigenvalue weighted by atomic mass is 32.2. The van der Waals surface area contributed by atoms with Gasteiger partial charge in [-0.05, 0) is 24.3 Å². The van der Waals surface area contributed by atoms with Crippen LogP contribution in [0.4, 0.5) is 0 Å². The predicted octanol–water partition coefficient (Wildman–Crippen LogP) is 4.41. The van der Waals surface area contributed by atoms with Crippen LogP contribution in [0, 0.1) is 0 Å². The second kappa shape index (κ2) is 9.59. The quantitative estimate of drug-likeness (QED) is 0.394. The maximum Gasteiger partial charge on any atom is 0.303 e. The smallest absolute Gasteiger partial charge is 0.303 e. The molecule has 0 aromatic heterocycles. The number of thioether (sulfide) groups is 1. The molecule has 20 heavy (non-hydrogen) atoms. The number of carboxylic acids is 1. The van der Waals surface area contributed by atoms with E-state index in [-0.39, 0.29) is 18.6 Å². The fraction of sp³-hybridized carbons (Fsp3) is 0.500. The highest BCUT2D eigenvalue weighted by Gasteiger charge is 2.08. The Labute approximate surface area is 124 Å². The summed E-state index contributed by atoms with van der Waals surface area (Å²) in [5.41, 5.74) is 0.599. The number of aliphatic carboxylic acids is 1. The van der Waals surface area contributed by atoms with Crippen LogP contribution < -0.4 is 0 Å². The highest BCUT2D eigenvalue weighted by molar-refractivity contribution is 7.99. The van der Waals surface area contributed by atoms with Crippen molar-refractivity contribution in [1.29, 1.82) is 0 Å². The van der Waals surface area contributed by atoms with Crippen molar-refractivity contribution in [1.82, 2.24) is 0 Å². The van der Waals surface area contributed by atoms with Gasteiger partial charge in [-0.1, -0.05) is 38.3 Å². The number of carboxylic acid groups (broad SMARTS) is 1. The Bertz CT molecular complexity index is 426. The van der Waals surface area contributed by atoms with Crippen molar-refractivity contribution >= 4 is 23.5 Å². The van der Waals surface area contributed by atoms with Crippen LogP contribution in [0.3, 0.4) is 0 Å². The molecule has 0 radical (unpaired) electrons. The van der Waals surface area contributed by atoms with Gasteiger partial charge in [0.25, 0.3) is 0 Å². The van der Waals surface area contributed by atoms with Gasteiger partial charge >= 0.3 is 5.97 Å². The fourth-order valence-corrected chi connectivity index (χ4v) is 2.73. The first kappa shape index (κ1) is 16.8. The molecule has 0 aliphatic rings. The van der Waals surface area contributed by atoms with Gasteiger partial charge in [0.05, 0.1) is 6.42 Å². The van der Waals surface area contributed by atoms with E-state index in [2.05, 4.69) is 6.92 Å². The first-order chi connectivity index (χ1) is 9.63. The predicted molar refractivity (Wildman–Crippen MR) is 82.5 cm³/mol. The molecular weight excluding hydrogens is 272 g/mol. The molecule has 1 aromatic carbocycles. The Hall–Kier alpha value is -1.29. The van der Waals surface area contributed by atoms with Crippen LogP contribution in [0.15, 0.2) is 29.2 Å². The van der Waals surface area contributed by atoms with Gasteiger partial charge < -0.3 is 5.11 Å². The summed E-state index contributed by atoms with van der Waals surface area (Å²) in [5.74, 6) is 0.0660. The van der Waals surface area contributed by atoms with Gasteiger partial charge in [0.15, 0.2) is 5.78 Å².